The fourth-order valence-electron chi connectivity index (χ4n) is 3.72. The normalized spacial score (nSPS) is 16.4. The van der Waals surface area contributed by atoms with E-state index in [9.17, 15) is 4.79 Å². The standard InChI is InChI=1S/C20H16ClN5O/c1-11-18-14(12-6-8-13(21)9-7-12)10-17(27)24-19(18)26(25-11)20-22-15-4-2-3-5-16(15)23-20/h2-9,14H,10H2,1H3,(H,22,23)(H,24,27)/t14-/m1/s1. The molecule has 2 aromatic carbocycles. The molecular formula is C20H16ClN5O. The summed E-state index contributed by atoms with van der Waals surface area (Å²) in [5.41, 5.74) is 4.70. The summed E-state index contributed by atoms with van der Waals surface area (Å²) in [6.07, 6.45) is 0.376. The molecule has 1 aliphatic heterocycles. The van der Waals surface area contributed by atoms with Crippen LogP contribution in [0.5, 0.6) is 0 Å². The first-order chi connectivity index (χ1) is 13.1. The van der Waals surface area contributed by atoms with Crippen molar-refractivity contribution in [3.8, 4) is 5.95 Å². The van der Waals surface area contributed by atoms with Gasteiger partial charge >= 0.3 is 0 Å². The molecule has 2 aromatic heterocycles. The number of aromatic nitrogens is 4. The Hall–Kier alpha value is -3.12. The van der Waals surface area contributed by atoms with Crippen molar-refractivity contribution >= 4 is 34.4 Å². The van der Waals surface area contributed by atoms with Gasteiger partial charge in [0.05, 0.1) is 16.7 Å². The van der Waals surface area contributed by atoms with Crippen molar-refractivity contribution in [3.05, 3.63) is 70.4 Å². The predicted octanol–water partition coefficient (Wildman–Crippen LogP) is 4.18. The highest BCUT2D eigenvalue weighted by Crippen LogP contribution is 2.40. The van der Waals surface area contributed by atoms with E-state index in [2.05, 4.69) is 20.4 Å². The van der Waals surface area contributed by atoms with E-state index < -0.39 is 0 Å². The number of imidazole rings is 1. The molecule has 5 rings (SSSR count). The van der Waals surface area contributed by atoms with Gasteiger partial charge in [-0.25, -0.2) is 4.98 Å². The molecular weight excluding hydrogens is 362 g/mol. The number of rotatable bonds is 2. The molecule has 6 nitrogen and oxygen atoms in total. The number of hydrogen-bond acceptors (Lipinski definition) is 3. The summed E-state index contributed by atoms with van der Waals surface area (Å²) < 4.78 is 1.69. The van der Waals surface area contributed by atoms with E-state index in [0.717, 1.165) is 27.9 Å². The third-order valence-corrected chi connectivity index (χ3v) is 5.20. The predicted molar refractivity (Wildman–Crippen MR) is 104 cm³/mol. The van der Waals surface area contributed by atoms with Gasteiger partial charge in [-0.1, -0.05) is 35.9 Å². The van der Waals surface area contributed by atoms with Gasteiger partial charge < -0.3 is 10.3 Å². The molecule has 0 saturated heterocycles. The molecule has 1 amide bonds. The van der Waals surface area contributed by atoms with Crippen molar-refractivity contribution in [1.29, 1.82) is 0 Å². The Morgan fingerprint density at radius 1 is 1.15 bits per heavy atom. The molecule has 7 heteroatoms. The number of fused-ring (bicyclic) bond motifs is 2. The number of carbonyl (C=O) groups excluding carboxylic acids is 1. The maximum Gasteiger partial charge on any atom is 0.231 e. The van der Waals surface area contributed by atoms with Crippen LogP contribution in [0.4, 0.5) is 5.82 Å². The molecule has 2 N–H and O–H groups in total. The Bertz CT molecular complexity index is 1140. The van der Waals surface area contributed by atoms with E-state index in [1.54, 1.807) is 4.68 Å². The van der Waals surface area contributed by atoms with E-state index >= 15 is 0 Å². The van der Waals surface area contributed by atoms with Gasteiger partial charge in [0, 0.05) is 22.9 Å². The van der Waals surface area contributed by atoms with E-state index in [-0.39, 0.29) is 11.8 Å². The summed E-state index contributed by atoms with van der Waals surface area (Å²) in [6.45, 7) is 1.96. The fourth-order valence-corrected chi connectivity index (χ4v) is 3.85. The molecule has 3 heterocycles. The lowest BCUT2D eigenvalue weighted by atomic mass is 9.86. The largest absolute Gasteiger partial charge is 0.322 e. The third kappa shape index (κ3) is 2.61. The Kier molecular flexibility index (Phi) is 3.55. The molecule has 1 atom stereocenters. The average Bonchev–Trinajstić information content (AvgIpc) is 3.23. The zero-order valence-electron chi connectivity index (χ0n) is 14.5. The highest BCUT2D eigenvalue weighted by atomic mass is 35.5. The number of aromatic amines is 1. The number of anilines is 1. The first kappa shape index (κ1) is 16.1. The lowest BCUT2D eigenvalue weighted by Crippen LogP contribution is -2.25. The van der Waals surface area contributed by atoms with Crippen molar-refractivity contribution in [2.24, 2.45) is 0 Å². The van der Waals surface area contributed by atoms with Crippen LogP contribution < -0.4 is 5.32 Å². The van der Waals surface area contributed by atoms with E-state index in [1.807, 2.05) is 55.5 Å². The minimum Gasteiger partial charge on any atom is -0.322 e. The van der Waals surface area contributed by atoms with E-state index in [1.165, 1.54) is 0 Å². The number of carbonyl (C=O) groups is 1. The number of halogens is 1. The lowest BCUT2D eigenvalue weighted by molar-refractivity contribution is -0.116. The summed E-state index contributed by atoms with van der Waals surface area (Å²) in [4.78, 5) is 20.3. The molecule has 0 bridgehead atoms. The maximum atomic E-state index is 12.4. The zero-order valence-corrected chi connectivity index (χ0v) is 15.3. The number of para-hydroxylation sites is 2. The molecule has 0 fully saturated rings. The highest BCUT2D eigenvalue weighted by Gasteiger charge is 2.33. The van der Waals surface area contributed by atoms with Crippen LogP contribution >= 0.6 is 11.6 Å². The molecule has 0 radical (unpaired) electrons. The van der Waals surface area contributed by atoms with Crippen molar-refractivity contribution in [1.82, 2.24) is 19.7 Å². The number of nitrogens with one attached hydrogen (secondary N) is 2. The highest BCUT2D eigenvalue weighted by molar-refractivity contribution is 6.30. The second-order valence-electron chi connectivity index (χ2n) is 6.69. The Morgan fingerprint density at radius 2 is 1.93 bits per heavy atom. The number of benzene rings is 2. The maximum absolute atomic E-state index is 12.4. The SMILES string of the molecule is Cc1nn(-c2nc3ccccc3[nH]2)c2c1[C@@H](c1ccc(Cl)cc1)CC(=O)N2. The van der Waals surface area contributed by atoms with Crippen LogP contribution in [-0.4, -0.2) is 25.7 Å². The Balaban J connectivity index is 1.67. The van der Waals surface area contributed by atoms with Crippen LogP contribution in [0.25, 0.3) is 17.0 Å². The van der Waals surface area contributed by atoms with Crippen molar-refractivity contribution in [2.75, 3.05) is 5.32 Å². The molecule has 0 spiro atoms. The van der Waals surface area contributed by atoms with E-state index in [0.29, 0.717) is 23.2 Å². The summed E-state index contributed by atoms with van der Waals surface area (Å²) in [6, 6.07) is 15.4. The Morgan fingerprint density at radius 3 is 2.70 bits per heavy atom. The van der Waals surface area contributed by atoms with Gasteiger partial charge in [0.15, 0.2) is 0 Å². The van der Waals surface area contributed by atoms with Gasteiger partial charge in [-0.3, -0.25) is 4.79 Å². The number of nitrogens with zero attached hydrogens (tertiary/aromatic N) is 3. The van der Waals surface area contributed by atoms with Crippen molar-refractivity contribution < 1.29 is 4.79 Å². The topological polar surface area (TPSA) is 75.6 Å². The van der Waals surface area contributed by atoms with Crippen molar-refractivity contribution in [2.45, 2.75) is 19.3 Å². The molecule has 0 unspecified atom stereocenters. The lowest BCUT2D eigenvalue weighted by Gasteiger charge is -2.24. The van der Waals surface area contributed by atoms with Gasteiger partial charge in [0.2, 0.25) is 11.9 Å². The van der Waals surface area contributed by atoms with Crippen LogP contribution in [0.2, 0.25) is 5.02 Å². The van der Waals surface area contributed by atoms with Gasteiger partial charge in [0.1, 0.15) is 5.82 Å². The first-order valence-electron chi connectivity index (χ1n) is 8.70. The monoisotopic (exact) mass is 377 g/mol. The summed E-state index contributed by atoms with van der Waals surface area (Å²) >= 11 is 6.03. The molecule has 27 heavy (non-hydrogen) atoms. The Labute approximate surface area is 160 Å². The van der Waals surface area contributed by atoms with Gasteiger partial charge in [-0.05, 0) is 36.8 Å². The second kappa shape index (κ2) is 5.96. The van der Waals surface area contributed by atoms with Crippen molar-refractivity contribution in [3.63, 3.8) is 0 Å². The molecule has 134 valence electrons. The quantitative estimate of drug-likeness (QED) is 0.550. The minimum atomic E-state index is -0.0656. The summed E-state index contributed by atoms with van der Waals surface area (Å²) in [7, 11) is 0. The smallest absolute Gasteiger partial charge is 0.231 e. The van der Waals surface area contributed by atoms with Crippen LogP contribution in [-0.2, 0) is 4.79 Å². The van der Waals surface area contributed by atoms with Crippen LogP contribution in [0.1, 0.15) is 29.2 Å². The average molecular weight is 378 g/mol. The molecule has 0 aliphatic carbocycles. The number of hydrogen-bond donors (Lipinski definition) is 2. The van der Waals surface area contributed by atoms with Gasteiger partial charge in [-0.2, -0.15) is 9.78 Å². The number of amides is 1. The second-order valence-corrected chi connectivity index (χ2v) is 7.13. The minimum absolute atomic E-state index is 0.0419. The fraction of sp³-hybridized carbons (Fsp3) is 0.150. The molecule has 4 aromatic rings. The van der Waals surface area contributed by atoms with Crippen LogP contribution in [0.15, 0.2) is 48.5 Å². The summed E-state index contributed by atoms with van der Waals surface area (Å²) in [5.74, 6) is 1.14. The number of aryl methyl sites for hydroxylation is 1. The molecule has 0 saturated carbocycles. The zero-order chi connectivity index (χ0) is 18.5. The molecule has 1 aliphatic rings. The van der Waals surface area contributed by atoms with Crippen LogP contribution in [0, 0.1) is 6.92 Å². The van der Waals surface area contributed by atoms with E-state index in [4.69, 9.17) is 11.6 Å². The first-order valence-corrected chi connectivity index (χ1v) is 9.08. The van der Waals surface area contributed by atoms with Gasteiger partial charge in [-0.15, -0.1) is 0 Å². The number of H-pyrrole nitrogens is 1. The van der Waals surface area contributed by atoms with Crippen LogP contribution in [0.3, 0.4) is 0 Å². The van der Waals surface area contributed by atoms with Gasteiger partial charge in [0.25, 0.3) is 0 Å². The third-order valence-electron chi connectivity index (χ3n) is 4.95. The summed E-state index contributed by atoms with van der Waals surface area (Å²) in [5, 5.41) is 8.32.